The largest absolute Gasteiger partial charge is 0.489 e. The molecule has 0 aliphatic carbocycles. The number of aromatic nitrogens is 3. The molecular formula is C19H22Cl2N4O2. The fourth-order valence-corrected chi connectivity index (χ4v) is 4.38. The van der Waals surface area contributed by atoms with E-state index in [0.717, 1.165) is 48.9 Å². The number of aliphatic hydroxyl groups excluding tert-OH is 1. The maximum absolute atomic E-state index is 9.74. The molecule has 2 aliphatic heterocycles. The average Bonchev–Trinajstić information content (AvgIpc) is 3.34. The third-order valence-electron chi connectivity index (χ3n) is 5.21. The molecule has 3 heterocycles. The number of aliphatic hydroxyl groups is 1. The van der Waals surface area contributed by atoms with E-state index in [1.54, 1.807) is 12.1 Å². The number of β-amino-alcohol motifs (C(OH)–C–C–N with tert-alkyl or cyclic N) is 1. The molecule has 1 aromatic carbocycles. The highest BCUT2D eigenvalue weighted by Gasteiger charge is 2.32. The van der Waals surface area contributed by atoms with Crippen LogP contribution in [0.5, 0.6) is 5.75 Å². The lowest BCUT2D eigenvalue weighted by Gasteiger charge is -2.19. The number of hydrogen-bond acceptors (Lipinski definition) is 5. The molecular weight excluding hydrogens is 387 g/mol. The zero-order valence-electron chi connectivity index (χ0n) is 14.9. The fraction of sp³-hybridized carbons (Fsp3) is 0.474. The third kappa shape index (κ3) is 3.72. The van der Waals surface area contributed by atoms with Gasteiger partial charge in [-0.25, -0.2) is 0 Å². The van der Waals surface area contributed by atoms with Gasteiger partial charge in [-0.2, -0.15) is 0 Å². The van der Waals surface area contributed by atoms with Gasteiger partial charge < -0.3 is 14.4 Å². The third-order valence-corrected chi connectivity index (χ3v) is 6.02. The maximum Gasteiger partial charge on any atom is 0.147 e. The molecule has 1 N–H and O–H groups in total. The Balaban J connectivity index is 1.57. The van der Waals surface area contributed by atoms with Gasteiger partial charge in [-0.15, -0.1) is 10.2 Å². The summed E-state index contributed by atoms with van der Waals surface area (Å²) in [6, 6.07) is 3.61. The number of nitrogens with zero attached hydrogens (tertiary/aromatic N) is 4. The van der Waals surface area contributed by atoms with Crippen molar-refractivity contribution < 1.29 is 9.84 Å². The number of ether oxygens (including phenoxy) is 1. The Kier molecular flexibility index (Phi) is 5.41. The van der Waals surface area contributed by atoms with E-state index in [4.69, 9.17) is 27.9 Å². The predicted molar refractivity (Wildman–Crippen MR) is 105 cm³/mol. The first-order valence-corrected chi connectivity index (χ1v) is 9.85. The van der Waals surface area contributed by atoms with Gasteiger partial charge in [-0.1, -0.05) is 35.9 Å². The van der Waals surface area contributed by atoms with Gasteiger partial charge in [0.25, 0.3) is 0 Å². The number of rotatable bonds is 6. The van der Waals surface area contributed by atoms with Gasteiger partial charge in [0.1, 0.15) is 24.0 Å². The first-order valence-electron chi connectivity index (χ1n) is 9.09. The molecule has 8 heteroatoms. The highest BCUT2D eigenvalue weighted by Crippen LogP contribution is 2.42. The van der Waals surface area contributed by atoms with Crippen LogP contribution in [0.15, 0.2) is 24.8 Å². The second kappa shape index (κ2) is 7.80. The standard InChI is InChI=1S/C19H22Cl2N4O2/c1-2-7-27-15-4-3-14(20)19(21)18(15)12-8-16-22-23-17(25(16)9-12)11-24-6-5-13(26)10-24/h2-4,12-13,26H,1,5-11H2. The number of hydrogen-bond donors (Lipinski definition) is 1. The molecule has 0 bridgehead atoms. The van der Waals surface area contributed by atoms with Crippen LogP contribution in [0.3, 0.4) is 0 Å². The van der Waals surface area contributed by atoms with Crippen LogP contribution in [0.4, 0.5) is 0 Å². The van der Waals surface area contributed by atoms with Crippen LogP contribution in [-0.2, 0) is 19.5 Å². The van der Waals surface area contributed by atoms with E-state index >= 15 is 0 Å². The van der Waals surface area contributed by atoms with Crippen molar-refractivity contribution in [2.45, 2.75) is 38.0 Å². The Morgan fingerprint density at radius 3 is 2.89 bits per heavy atom. The molecule has 4 rings (SSSR count). The first kappa shape index (κ1) is 18.7. The lowest BCUT2D eigenvalue weighted by atomic mass is 9.96. The van der Waals surface area contributed by atoms with Crippen LogP contribution in [0.1, 0.15) is 29.6 Å². The summed E-state index contributed by atoms with van der Waals surface area (Å²) in [5.74, 6) is 2.73. The molecule has 1 aromatic heterocycles. The smallest absolute Gasteiger partial charge is 0.147 e. The van der Waals surface area contributed by atoms with Crippen molar-refractivity contribution in [1.82, 2.24) is 19.7 Å². The normalized spacial score (nSPS) is 22.2. The molecule has 1 fully saturated rings. The van der Waals surface area contributed by atoms with Gasteiger partial charge in [0.05, 0.1) is 22.7 Å². The summed E-state index contributed by atoms with van der Waals surface area (Å²) in [6.45, 7) is 7.11. The van der Waals surface area contributed by atoms with Crippen LogP contribution in [0.2, 0.25) is 10.0 Å². The highest BCUT2D eigenvalue weighted by atomic mass is 35.5. The second-order valence-electron chi connectivity index (χ2n) is 7.09. The van der Waals surface area contributed by atoms with Gasteiger partial charge in [-0.3, -0.25) is 4.90 Å². The summed E-state index contributed by atoms with van der Waals surface area (Å²) < 4.78 is 7.97. The van der Waals surface area contributed by atoms with Crippen molar-refractivity contribution >= 4 is 23.2 Å². The number of fused-ring (bicyclic) bond motifs is 1. The summed E-state index contributed by atoms with van der Waals surface area (Å²) in [4.78, 5) is 2.21. The molecule has 2 atom stereocenters. The van der Waals surface area contributed by atoms with Crippen molar-refractivity contribution in [2.75, 3.05) is 19.7 Å². The molecule has 2 aromatic rings. The number of halogens is 2. The summed E-state index contributed by atoms with van der Waals surface area (Å²) in [7, 11) is 0. The van der Waals surface area contributed by atoms with Crippen LogP contribution >= 0.6 is 23.2 Å². The molecule has 27 heavy (non-hydrogen) atoms. The number of benzene rings is 1. The van der Waals surface area contributed by atoms with Gasteiger partial charge in [-0.05, 0) is 18.6 Å². The van der Waals surface area contributed by atoms with E-state index in [0.29, 0.717) is 29.7 Å². The Morgan fingerprint density at radius 2 is 2.15 bits per heavy atom. The van der Waals surface area contributed by atoms with Crippen molar-refractivity contribution in [3.8, 4) is 5.75 Å². The average molecular weight is 409 g/mol. The minimum atomic E-state index is -0.242. The highest BCUT2D eigenvalue weighted by molar-refractivity contribution is 6.42. The molecule has 144 valence electrons. The predicted octanol–water partition coefficient (Wildman–Crippen LogP) is 3.06. The minimum Gasteiger partial charge on any atom is -0.489 e. The van der Waals surface area contributed by atoms with E-state index < -0.39 is 0 Å². The quantitative estimate of drug-likeness (QED) is 0.744. The van der Waals surface area contributed by atoms with E-state index in [-0.39, 0.29) is 12.0 Å². The van der Waals surface area contributed by atoms with E-state index in [9.17, 15) is 5.11 Å². The lowest BCUT2D eigenvalue weighted by molar-refractivity contribution is 0.173. The maximum atomic E-state index is 9.74. The van der Waals surface area contributed by atoms with Gasteiger partial charge >= 0.3 is 0 Å². The van der Waals surface area contributed by atoms with E-state index in [1.807, 2.05) is 6.07 Å². The van der Waals surface area contributed by atoms with Gasteiger partial charge in [0, 0.05) is 37.5 Å². The summed E-state index contributed by atoms with van der Waals surface area (Å²) in [5.41, 5.74) is 0.916. The van der Waals surface area contributed by atoms with Gasteiger partial charge in [0.15, 0.2) is 0 Å². The molecule has 0 saturated carbocycles. The Morgan fingerprint density at radius 1 is 1.30 bits per heavy atom. The summed E-state index contributed by atoms with van der Waals surface area (Å²) in [5, 5.41) is 19.5. The molecule has 0 amide bonds. The Bertz CT molecular complexity index is 854. The minimum absolute atomic E-state index is 0.129. The molecule has 2 aliphatic rings. The lowest BCUT2D eigenvalue weighted by Crippen LogP contribution is -2.23. The zero-order chi connectivity index (χ0) is 19.0. The summed E-state index contributed by atoms with van der Waals surface area (Å²) in [6.07, 6.45) is 3.01. The van der Waals surface area contributed by atoms with Crippen molar-refractivity contribution in [1.29, 1.82) is 0 Å². The topological polar surface area (TPSA) is 63.4 Å². The fourth-order valence-electron chi connectivity index (χ4n) is 3.91. The van der Waals surface area contributed by atoms with Crippen molar-refractivity contribution in [2.24, 2.45) is 0 Å². The van der Waals surface area contributed by atoms with Crippen LogP contribution < -0.4 is 4.74 Å². The monoisotopic (exact) mass is 408 g/mol. The second-order valence-corrected chi connectivity index (χ2v) is 7.88. The molecule has 2 unspecified atom stereocenters. The SMILES string of the molecule is C=CCOc1ccc(Cl)c(Cl)c1C1Cc2nnc(CN3CCC(O)C3)n2C1. The van der Waals surface area contributed by atoms with Crippen molar-refractivity contribution in [3.63, 3.8) is 0 Å². The Hall–Kier alpha value is -1.60. The summed E-state index contributed by atoms with van der Waals surface area (Å²) >= 11 is 12.8. The van der Waals surface area contributed by atoms with Crippen LogP contribution in [0.25, 0.3) is 0 Å². The molecule has 6 nitrogen and oxygen atoms in total. The molecule has 1 saturated heterocycles. The van der Waals surface area contributed by atoms with Crippen molar-refractivity contribution in [3.05, 3.63) is 52.0 Å². The van der Waals surface area contributed by atoms with Crippen LogP contribution in [-0.4, -0.2) is 50.6 Å². The van der Waals surface area contributed by atoms with Crippen LogP contribution in [0, 0.1) is 0 Å². The zero-order valence-corrected chi connectivity index (χ0v) is 16.5. The first-order chi connectivity index (χ1) is 13.1. The van der Waals surface area contributed by atoms with Gasteiger partial charge in [0.2, 0.25) is 0 Å². The van der Waals surface area contributed by atoms with E-state index in [2.05, 4.69) is 26.2 Å². The van der Waals surface area contributed by atoms with E-state index in [1.165, 1.54) is 0 Å². The molecule has 0 radical (unpaired) electrons. The molecule has 0 spiro atoms. The number of likely N-dealkylation sites (tertiary alicyclic amines) is 1. The Labute approximate surface area is 168 Å².